The number of amides is 3. The van der Waals surface area contributed by atoms with E-state index in [-0.39, 0.29) is 18.3 Å². The first-order valence-electron chi connectivity index (χ1n) is 10.4. The summed E-state index contributed by atoms with van der Waals surface area (Å²) in [6, 6.07) is -4.21. The van der Waals surface area contributed by atoms with Crippen molar-refractivity contribution in [2.24, 2.45) is 17.6 Å². The molecule has 0 saturated carbocycles. The molecule has 0 aromatic rings. The minimum atomic E-state index is -1.50. The Kier molecular flexibility index (Phi) is 13.4. The predicted octanol–water partition coefficient (Wildman–Crippen LogP) is -0.311. The zero-order chi connectivity index (χ0) is 24.3. The fraction of sp³-hybridized carbons (Fsp3) is 0.800. The van der Waals surface area contributed by atoms with Gasteiger partial charge in [0.2, 0.25) is 17.7 Å². The van der Waals surface area contributed by atoms with Crippen molar-refractivity contribution in [2.75, 3.05) is 12.0 Å². The molecule has 0 aliphatic heterocycles. The third-order valence-corrected chi connectivity index (χ3v) is 5.74. The van der Waals surface area contributed by atoms with E-state index in [1.54, 1.807) is 13.8 Å². The minimum Gasteiger partial charge on any atom is -0.480 e. The van der Waals surface area contributed by atoms with E-state index in [1.165, 1.54) is 18.7 Å². The van der Waals surface area contributed by atoms with E-state index in [0.29, 0.717) is 12.2 Å². The largest absolute Gasteiger partial charge is 0.480 e. The van der Waals surface area contributed by atoms with Crippen LogP contribution < -0.4 is 21.7 Å². The summed E-state index contributed by atoms with van der Waals surface area (Å²) < 4.78 is 0. The number of aliphatic carboxylic acids is 1. The van der Waals surface area contributed by atoms with Crippen LogP contribution in [-0.2, 0) is 19.2 Å². The van der Waals surface area contributed by atoms with E-state index in [4.69, 9.17) is 5.73 Å². The maximum absolute atomic E-state index is 12.9. The third kappa shape index (κ3) is 9.88. The number of carbonyl (C=O) groups excluding carboxylic acids is 3. The van der Waals surface area contributed by atoms with Crippen LogP contribution in [0.3, 0.4) is 0 Å². The van der Waals surface area contributed by atoms with Crippen LogP contribution in [0.25, 0.3) is 0 Å². The molecule has 0 aromatic carbocycles. The van der Waals surface area contributed by atoms with Crippen LogP contribution in [0.4, 0.5) is 0 Å². The van der Waals surface area contributed by atoms with Gasteiger partial charge >= 0.3 is 5.97 Å². The molecule has 0 bridgehead atoms. The molecule has 0 spiro atoms. The summed E-state index contributed by atoms with van der Waals surface area (Å²) in [7, 11) is 0. The molecule has 0 saturated heterocycles. The van der Waals surface area contributed by atoms with Gasteiger partial charge in [-0.2, -0.15) is 11.8 Å². The smallest absolute Gasteiger partial charge is 0.328 e. The number of nitrogens with one attached hydrogen (secondary N) is 3. The highest BCUT2D eigenvalue weighted by Gasteiger charge is 2.33. The van der Waals surface area contributed by atoms with Gasteiger partial charge in [0.15, 0.2) is 6.04 Å². The Labute approximate surface area is 188 Å². The van der Waals surface area contributed by atoms with Gasteiger partial charge in [0.05, 0.1) is 12.1 Å². The molecule has 0 heterocycles. The molecule has 11 heteroatoms. The van der Waals surface area contributed by atoms with Crippen LogP contribution in [0.2, 0.25) is 0 Å². The Morgan fingerprint density at radius 3 is 1.90 bits per heavy atom. The van der Waals surface area contributed by atoms with Gasteiger partial charge in [-0.15, -0.1) is 0 Å². The van der Waals surface area contributed by atoms with E-state index in [9.17, 15) is 29.4 Å². The zero-order valence-electron chi connectivity index (χ0n) is 19.2. The Hall–Kier alpha value is -1.85. The average Bonchev–Trinajstić information content (AvgIpc) is 2.70. The highest BCUT2D eigenvalue weighted by Crippen LogP contribution is 2.09. The maximum Gasteiger partial charge on any atom is 0.328 e. The molecule has 7 N–H and O–H groups in total. The monoisotopic (exact) mass is 462 g/mol. The number of carboxylic acid groups (broad SMARTS) is 1. The Balaban J connectivity index is 5.41. The van der Waals surface area contributed by atoms with Crippen molar-refractivity contribution in [1.29, 1.82) is 0 Å². The van der Waals surface area contributed by atoms with Gasteiger partial charge in [0.25, 0.3) is 0 Å². The minimum absolute atomic E-state index is 0.0654. The molecule has 0 rings (SSSR count). The van der Waals surface area contributed by atoms with E-state index in [0.717, 1.165) is 0 Å². The van der Waals surface area contributed by atoms with Crippen molar-refractivity contribution in [3.8, 4) is 0 Å². The van der Waals surface area contributed by atoms with E-state index >= 15 is 0 Å². The molecule has 180 valence electrons. The summed E-state index contributed by atoms with van der Waals surface area (Å²) in [5.74, 6) is -2.93. The number of nitrogens with two attached hydrogens (primary N) is 1. The molecule has 0 aliphatic rings. The quantitative estimate of drug-likeness (QED) is 0.204. The Bertz CT molecular complexity index is 616. The number of carbonyl (C=O) groups is 4. The number of thioether (sulfide) groups is 1. The summed E-state index contributed by atoms with van der Waals surface area (Å²) in [4.78, 5) is 49.3. The lowest BCUT2D eigenvalue weighted by Gasteiger charge is -2.28. The van der Waals surface area contributed by atoms with Crippen molar-refractivity contribution in [3.05, 3.63) is 0 Å². The molecule has 0 aromatic heterocycles. The normalized spacial score (nSPS) is 17.1. The molecule has 31 heavy (non-hydrogen) atoms. The number of aliphatic hydroxyl groups is 1. The van der Waals surface area contributed by atoms with Gasteiger partial charge in [0.1, 0.15) is 12.1 Å². The topological polar surface area (TPSA) is 171 Å². The number of carboxylic acids is 1. The lowest BCUT2D eigenvalue weighted by molar-refractivity contribution is -0.145. The summed E-state index contributed by atoms with van der Waals surface area (Å²) in [6.45, 7) is 8.52. The van der Waals surface area contributed by atoms with E-state index < -0.39 is 54.0 Å². The number of aliphatic hydroxyl groups excluding tert-OH is 1. The van der Waals surface area contributed by atoms with Crippen LogP contribution in [-0.4, -0.2) is 76.2 Å². The Morgan fingerprint density at radius 2 is 1.48 bits per heavy atom. The number of rotatable bonds is 14. The second-order valence-corrected chi connectivity index (χ2v) is 9.03. The molecule has 6 atom stereocenters. The van der Waals surface area contributed by atoms with Crippen LogP contribution >= 0.6 is 11.8 Å². The van der Waals surface area contributed by atoms with Crippen molar-refractivity contribution in [1.82, 2.24) is 16.0 Å². The van der Waals surface area contributed by atoms with Crippen molar-refractivity contribution in [2.45, 2.75) is 77.7 Å². The number of hydrogen-bond donors (Lipinski definition) is 6. The first-order valence-corrected chi connectivity index (χ1v) is 11.8. The van der Waals surface area contributed by atoms with Crippen LogP contribution in [0.5, 0.6) is 0 Å². The molecule has 6 unspecified atom stereocenters. The molecule has 0 radical (unpaired) electrons. The first-order chi connectivity index (χ1) is 14.4. The second kappa shape index (κ2) is 14.3. The fourth-order valence-corrected chi connectivity index (χ4v) is 3.18. The summed E-state index contributed by atoms with van der Waals surface area (Å²) in [6.07, 6.45) is 1.47. The van der Waals surface area contributed by atoms with Gasteiger partial charge < -0.3 is 31.9 Å². The average molecular weight is 463 g/mol. The lowest BCUT2D eigenvalue weighted by Crippen LogP contribution is -2.59. The van der Waals surface area contributed by atoms with Crippen LogP contribution in [0.15, 0.2) is 0 Å². The van der Waals surface area contributed by atoms with E-state index in [1.807, 2.05) is 20.1 Å². The summed E-state index contributed by atoms with van der Waals surface area (Å²) in [5, 5.41) is 26.3. The first kappa shape index (κ1) is 29.1. The number of hydrogen-bond acceptors (Lipinski definition) is 7. The van der Waals surface area contributed by atoms with Crippen molar-refractivity contribution < 1.29 is 29.4 Å². The van der Waals surface area contributed by atoms with Gasteiger partial charge in [-0.05, 0) is 37.2 Å². The highest BCUT2D eigenvalue weighted by molar-refractivity contribution is 7.98. The lowest BCUT2D eigenvalue weighted by atomic mass is 9.97. The van der Waals surface area contributed by atoms with Gasteiger partial charge in [0, 0.05) is 0 Å². The third-order valence-electron chi connectivity index (χ3n) is 5.10. The van der Waals surface area contributed by atoms with Gasteiger partial charge in [-0.1, -0.05) is 34.1 Å². The SMILES string of the molecule is CCC(C)C(N)C(=O)NC(C(=O)NC(CCSC)C(=O)NC(C(=O)O)C(C)O)C(C)C. The standard InChI is InChI=1S/C20H38N4O6S/c1-7-11(4)14(21)18(27)23-15(10(2)3)19(28)22-13(8-9-31-6)17(26)24-16(12(5)25)20(29)30/h10-16,25H,7-9,21H2,1-6H3,(H,22,28)(H,23,27)(H,24,26)(H,29,30). The van der Waals surface area contributed by atoms with Gasteiger partial charge in [-0.25, -0.2) is 4.79 Å². The predicted molar refractivity (Wildman–Crippen MR) is 120 cm³/mol. The van der Waals surface area contributed by atoms with Gasteiger partial charge in [-0.3, -0.25) is 14.4 Å². The summed E-state index contributed by atoms with van der Waals surface area (Å²) >= 11 is 1.46. The Morgan fingerprint density at radius 1 is 0.935 bits per heavy atom. The molecule has 3 amide bonds. The second-order valence-electron chi connectivity index (χ2n) is 8.05. The molecule has 10 nitrogen and oxygen atoms in total. The van der Waals surface area contributed by atoms with Crippen molar-refractivity contribution >= 4 is 35.5 Å². The zero-order valence-corrected chi connectivity index (χ0v) is 20.0. The molecule has 0 fully saturated rings. The molecular weight excluding hydrogens is 424 g/mol. The van der Waals surface area contributed by atoms with Crippen LogP contribution in [0, 0.1) is 11.8 Å². The highest BCUT2D eigenvalue weighted by atomic mass is 32.2. The van der Waals surface area contributed by atoms with E-state index in [2.05, 4.69) is 16.0 Å². The molecular formula is C20H38N4O6S. The summed E-state index contributed by atoms with van der Waals surface area (Å²) in [5.41, 5.74) is 5.96. The maximum atomic E-state index is 12.9. The fourth-order valence-electron chi connectivity index (χ4n) is 2.71. The molecule has 0 aliphatic carbocycles. The van der Waals surface area contributed by atoms with Crippen molar-refractivity contribution in [3.63, 3.8) is 0 Å². The van der Waals surface area contributed by atoms with Crippen LogP contribution in [0.1, 0.15) is 47.5 Å².